The van der Waals surface area contributed by atoms with Gasteiger partial charge in [0.05, 0.1) is 57.7 Å². The largest absolute Gasteiger partial charge is 0.363 e. The number of aromatic nitrogens is 7. The Labute approximate surface area is 331 Å². The van der Waals surface area contributed by atoms with Crippen LogP contribution < -0.4 is 20.4 Å². The van der Waals surface area contributed by atoms with E-state index in [0.717, 1.165) is 89.5 Å². The Balaban J connectivity index is 0.791. The quantitative estimate of drug-likeness (QED) is 0.187. The third kappa shape index (κ3) is 6.84. The van der Waals surface area contributed by atoms with Crippen molar-refractivity contribution in [2.24, 2.45) is 5.92 Å². The molecule has 10 rings (SSSR count). The number of pyridine rings is 2. The number of fused-ring (bicyclic) bond motifs is 3. The third-order valence-electron chi connectivity index (χ3n) is 11.9. The van der Waals surface area contributed by atoms with Gasteiger partial charge in [0.25, 0.3) is 0 Å². The Morgan fingerprint density at radius 1 is 0.930 bits per heavy atom. The first kappa shape index (κ1) is 35.2. The summed E-state index contributed by atoms with van der Waals surface area (Å²) < 4.78 is 6.88. The normalized spacial score (nSPS) is 21.6. The van der Waals surface area contributed by atoms with Crippen LogP contribution in [0.25, 0.3) is 27.5 Å². The highest BCUT2D eigenvalue weighted by atomic mass is 32.1. The summed E-state index contributed by atoms with van der Waals surface area (Å²) in [6.45, 7) is 4.90. The van der Waals surface area contributed by atoms with Gasteiger partial charge in [0.1, 0.15) is 18.2 Å². The number of nitrogens with zero attached hydrogens (tertiary/aromatic N) is 11. The maximum Gasteiger partial charge on any atom is 0.234 e. The average molecular weight is 782 g/mol. The summed E-state index contributed by atoms with van der Waals surface area (Å²) in [6, 6.07) is 14.8. The fourth-order valence-corrected chi connectivity index (χ4v) is 9.77. The number of rotatable bonds is 9. The number of carbonyl (C=O) groups is 2. The van der Waals surface area contributed by atoms with E-state index in [9.17, 15) is 14.9 Å². The van der Waals surface area contributed by atoms with Gasteiger partial charge in [-0.2, -0.15) is 10.4 Å². The van der Waals surface area contributed by atoms with E-state index in [1.165, 1.54) is 12.8 Å². The lowest BCUT2D eigenvalue weighted by molar-refractivity contribution is -0.134. The molecule has 2 bridgehead atoms. The van der Waals surface area contributed by atoms with Crippen LogP contribution >= 0.6 is 11.3 Å². The number of hydrogen-bond donors (Lipinski definition) is 2. The molecule has 10 heterocycles. The Bertz CT molecular complexity index is 2470. The number of imide groups is 1. The molecule has 2 N–H and O–H groups in total. The topological polar surface area (TPSA) is 187 Å². The number of piperazine rings is 1. The molecule has 4 fully saturated rings. The zero-order valence-electron chi connectivity index (χ0n) is 31.0. The summed E-state index contributed by atoms with van der Waals surface area (Å²) in [5.74, 6) is 0.844. The van der Waals surface area contributed by atoms with Crippen LogP contribution in [0.4, 0.5) is 22.3 Å². The summed E-state index contributed by atoms with van der Waals surface area (Å²) in [4.78, 5) is 41.0. The van der Waals surface area contributed by atoms with E-state index < -0.39 is 0 Å². The van der Waals surface area contributed by atoms with Crippen LogP contribution in [0.2, 0.25) is 0 Å². The number of piperidine rings is 2. The first-order valence-electron chi connectivity index (χ1n) is 19.4. The number of nitrogens with one attached hydrogen (secondary N) is 2. The minimum absolute atomic E-state index is 0.200. The van der Waals surface area contributed by atoms with E-state index in [-0.39, 0.29) is 17.7 Å². The Kier molecular flexibility index (Phi) is 9.06. The number of carbonyl (C=O) groups excluding carboxylic acids is 2. The van der Waals surface area contributed by atoms with Gasteiger partial charge in [-0.05, 0) is 73.9 Å². The molecular weight excluding hydrogens is 743 g/mol. The Morgan fingerprint density at radius 3 is 2.54 bits per heavy atom. The second kappa shape index (κ2) is 14.7. The van der Waals surface area contributed by atoms with Gasteiger partial charge in [0.2, 0.25) is 16.9 Å². The first-order chi connectivity index (χ1) is 28.0. The summed E-state index contributed by atoms with van der Waals surface area (Å²) in [7, 11) is 0. The molecule has 17 heteroatoms. The number of hydrogen-bond acceptors (Lipinski definition) is 15. The standard InChI is InChI=1S/C40H39N13O3S/c41-15-25-13-28-4-6-35(53(28)44-16-25)34-14-33(46-27-18-45-56-23-27)32(19-42-34)39-48-49-40(57-39)51-21-29-2-3-30(22-51)52(29)20-24-9-11-50(12-10-24)36-7-1-26(17-43-36)31-5-8-37(54)47-38(31)55/h1,4,6-7,13-14,16-19,23-24,29-31H,2-3,5,8-12,20-22H2,(H,42,46)(H,47,54,55)/t29?,30?,31-/m0/s1. The minimum atomic E-state index is -0.312. The van der Waals surface area contributed by atoms with Gasteiger partial charge in [-0.3, -0.25) is 24.8 Å². The Hall–Kier alpha value is -6.25. The zero-order chi connectivity index (χ0) is 38.5. The van der Waals surface area contributed by atoms with Gasteiger partial charge >= 0.3 is 0 Å². The molecule has 288 valence electrons. The number of anilines is 4. The highest BCUT2D eigenvalue weighted by molar-refractivity contribution is 7.18. The van der Waals surface area contributed by atoms with Crippen molar-refractivity contribution in [2.75, 3.05) is 47.8 Å². The van der Waals surface area contributed by atoms with Crippen molar-refractivity contribution in [3.05, 3.63) is 78.6 Å². The van der Waals surface area contributed by atoms with Crippen LogP contribution in [-0.2, 0) is 9.59 Å². The van der Waals surface area contributed by atoms with E-state index in [4.69, 9.17) is 19.6 Å². The lowest BCUT2D eigenvalue weighted by Gasteiger charge is -2.43. The fourth-order valence-electron chi connectivity index (χ4n) is 8.89. The molecule has 2 amide bonds. The van der Waals surface area contributed by atoms with Crippen LogP contribution in [0.1, 0.15) is 55.6 Å². The molecule has 6 aromatic heterocycles. The van der Waals surface area contributed by atoms with Crippen molar-refractivity contribution in [2.45, 2.75) is 56.5 Å². The molecule has 4 aliphatic heterocycles. The maximum absolute atomic E-state index is 12.3. The predicted octanol–water partition coefficient (Wildman–Crippen LogP) is 5.00. The van der Waals surface area contributed by atoms with Gasteiger partial charge in [0.15, 0.2) is 5.01 Å². The molecule has 3 atom stereocenters. The molecule has 57 heavy (non-hydrogen) atoms. The van der Waals surface area contributed by atoms with Gasteiger partial charge in [0, 0.05) is 63.6 Å². The lowest BCUT2D eigenvalue weighted by Crippen LogP contribution is -2.55. The van der Waals surface area contributed by atoms with Crippen LogP contribution in [0.3, 0.4) is 0 Å². The molecule has 2 unspecified atom stereocenters. The van der Waals surface area contributed by atoms with Crippen LogP contribution in [0.15, 0.2) is 72.0 Å². The van der Waals surface area contributed by atoms with E-state index >= 15 is 0 Å². The lowest BCUT2D eigenvalue weighted by atomic mass is 9.91. The summed E-state index contributed by atoms with van der Waals surface area (Å²) in [5, 5.41) is 34.6. The van der Waals surface area contributed by atoms with Crippen molar-refractivity contribution in [1.82, 2.24) is 45.2 Å². The Morgan fingerprint density at radius 2 is 1.79 bits per heavy atom. The highest BCUT2D eigenvalue weighted by Gasteiger charge is 2.42. The highest BCUT2D eigenvalue weighted by Crippen LogP contribution is 2.40. The molecule has 0 aliphatic carbocycles. The minimum Gasteiger partial charge on any atom is -0.363 e. The molecule has 0 aromatic carbocycles. The molecule has 0 spiro atoms. The second-order valence-electron chi connectivity index (χ2n) is 15.3. The molecule has 4 aliphatic rings. The molecule has 4 saturated heterocycles. The summed E-state index contributed by atoms with van der Waals surface area (Å²) in [5.41, 5.74) is 5.97. The van der Waals surface area contributed by atoms with Crippen LogP contribution in [0.5, 0.6) is 0 Å². The monoisotopic (exact) mass is 781 g/mol. The smallest absolute Gasteiger partial charge is 0.234 e. The molecule has 16 nitrogen and oxygen atoms in total. The van der Waals surface area contributed by atoms with E-state index in [0.29, 0.717) is 47.8 Å². The van der Waals surface area contributed by atoms with E-state index in [1.54, 1.807) is 46.8 Å². The van der Waals surface area contributed by atoms with E-state index in [2.05, 4.69) is 46.8 Å². The van der Waals surface area contributed by atoms with E-state index in [1.807, 2.05) is 36.5 Å². The second-order valence-corrected chi connectivity index (χ2v) is 16.3. The maximum atomic E-state index is 12.3. The van der Waals surface area contributed by atoms with Crippen molar-refractivity contribution >= 4 is 51.0 Å². The van der Waals surface area contributed by atoms with Crippen LogP contribution in [-0.4, -0.2) is 96.5 Å². The van der Waals surface area contributed by atoms with Crippen molar-refractivity contribution in [3.8, 4) is 28.0 Å². The molecular formula is C40H39N13O3S. The summed E-state index contributed by atoms with van der Waals surface area (Å²) >= 11 is 1.58. The predicted molar refractivity (Wildman–Crippen MR) is 212 cm³/mol. The third-order valence-corrected chi connectivity index (χ3v) is 12.9. The molecule has 0 saturated carbocycles. The molecule has 6 aromatic rings. The number of nitriles is 1. The van der Waals surface area contributed by atoms with Gasteiger partial charge in [-0.1, -0.05) is 22.6 Å². The van der Waals surface area contributed by atoms with Crippen molar-refractivity contribution < 1.29 is 14.1 Å². The van der Waals surface area contributed by atoms with Gasteiger partial charge in [-0.25, -0.2) is 9.50 Å². The van der Waals surface area contributed by atoms with Crippen LogP contribution in [0, 0.1) is 17.2 Å². The molecule has 0 radical (unpaired) electrons. The zero-order valence-corrected chi connectivity index (χ0v) is 31.8. The van der Waals surface area contributed by atoms with Gasteiger partial charge in [-0.15, -0.1) is 10.2 Å². The SMILES string of the molecule is N#Cc1cnn2c(-c3cc(Nc4cnoc4)c(-c4nnc(N5CC6CCC(C5)N6CC5CCN(c6ccc([C@@H]7CCC(=O)NC7=O)cn6)CC5)s4)cn3)ccc2c1. The first-order valence-corrected chi connectivity index (χ1v) is 20.2. The van der Waals surface area contributed by atoms with Crippen molar-refractivity contribution in [1.29, 1.82) is 5.26 Å². The number of amides is 2. The van der Waals surface area contributed by atoms with Crippen molar-refractivity contribution in [3.63, 3.8) is 0 Å². The van der Waals surface area contributed by atoms with Gasteiger partial charge < -0.3 is 19.6 Å². The summed E-state index contributed by atoms with van der Waals surface area (Å²) in [6.07, 6.45) is 13.9. The fraction of sp³-hybridized carbons (Fsp3) is 0.375. The average Bonchev–Trinajstić information content (AvgIpc) is 4.06.